The molecular weight excluding hydrogens is 372 g/mol. The summed E-state index contributed by atoms with van der Waals surface area (Å²) in [4.78, 5) is 22.8. The van der Waals surface area contributed by atoms with Crippen molar-refractivity contribution in [3.05, 3.63) is 29.6 Å². The summed E-state index contributed by atoms with van der Waals surface area (Å²) < 4.78 is 67.4. The van der Waals surface area contributed by atoms with Crippen LogP contribution in [0.5, 0.6) is 5.75 Å². The van der Waals surface area contributed by atoms with Crippen LogP contribution in [0.2, 0.25) is 0 Å². The van der Waals surface area contributed by atoms with Crippen LogP contribution in [0.3, 0.4) is 0 Å². The van der Waals surface area contributed by atoms with E-state index in [4.69, 9.17) is 4.74 Å². The molecule has 1 rings (SSSR count). The second-order valence-corrected chi connectivity index (χ2v) is 5.72. The van der Waals surface area contributed by atoms with Crippen LogP contribution in [0.15, 0.2) is 18.2 Å². The lowest BCUT2D eigenvalue weighted by Crippen LogP contribution is -2.34. The predicted molar refractivity (Wildman–Crippen MR) is 87.9 cm³/mol. The SMILES string of the molecule is CCOCCCCCC(OC(=O)c1ccc(OC(C)=O)cc1F)C(F)(F)F. The highest BCUT2D eigenvalue weighted by Crippen LogP contribution is 2.28. The number of carbonyl (C=O) groups excluding carboxylic acids is 2. The minimum atomic E-state index is -4.76. The Hall–Kier alpha value is -2.16. The van der Waals surface area contributed by atoms with Gasteiger partial charge in [-0.15, -0.1) is 0 Å². The molecule has 0 saturated heterocycles. The van der Waals surface area contributed by atoms with Gasteiger partial charge in [0.05, 0.1) is 5.56 Å². The molecule has 0 aliphatic rings. The number of hydrogen-bond donors (Lipinski definition) is 0. The van der Waals surface area contributed by atoms with E-state index in [2.05, 4.69) is 9.47 Å². The largest absolute Gasteiger partial charge is 0.449 e. The van der Waals surface area contributed by atoms with Crippen molar-refractivity contribution in [1.82, 2.24) is 0 Å². The van der Waals surface area contributed by atoms with Crippen LogP contribution in [0, 0.1) is 5.82 Å². The second kappa shape index (κ2) is 10.9. The van der Waals surface area contributed by atoms with Crippen molar-refractivity contribution in [3.63, 3.8) is 0 Å². The summed E-state index contributed by atoms with van der Waals surface area (Å²) >= 11 is 0. The maximum atomic E-state index is 13.9. The van der Waals surface area contributed by atoms with Crippen LogP contribution >= 0.6 is 0 Å². The number of halogens is 4. The van der Waals surface area contributed by atoms with E-state index < -0.39 is 42.0 Å². The van der Waals surface area contributed by atoms with Crippen LogP contribution in [0.25, 0.3) is 0 Å². The van der Waals surface area contributed by atoms with Crippen LogP contribution in [0.1, 0.15) is 49.9 Å². The Morgan fingerprint density at radius 2 is 1.85 bits per heavy atom. The fraction of sp³-hybridized carbons (Fsp3) is 0.556. The molecule has 1 unspecified atom stereocenters. The lowest BCUT2D eigenvalue weighted by Gasteiger charge is -2.21. The van der Waals surface area contributed by atoms with Crippen LogP contribution in [-0.4, -0.2) is 37.4 Å². The zero-order chi connectivity index (χ0) is 20.4. The predicted octanol–water partition coefficient (Wildman–Crippen LogP) is 4.44. The van der Waals surface area contributed by atoms with E-state index in [1.54, 1.807) is 0 Å². The molecule has 0 amide bonds. The second-order valence-electron chi connectivity index (χ2n) is 5.72. The number of ether oxygens (including phenoxy) is 3. The van der Waals surface area contributed by atoms with Crippen molar-refractivity contribution in [3.8, 4) is 5.75 Å². The average Bonchev–Trinajstić information content (AvgIpc) is 2.55. The van der Waals surface area contributed by atoms with Crippen LogP contribution in [-0.2, 0) is 14.3 Å². The summed E-state index contributed by atoms with van der Waals surface area (Å²) in [6.45, 7) is 3.90. The summed E-state index contributed by atoms with van der Waals surface area (Å²) in [5.41, 5.74) is -0.670. The summed E-state index contributed by atoms with van der Waals surface area (Å²) in [5, 5.41) is 0. The van der Waals surface area contributed by atoms with E-state index in [0.29, 0.717) is 26.1 Å². The van der Waals surface area contributed by atoms with Gasteiger partial charge in [0.25, 0.3) is 0 Å². The Kier molecular flexibility index (Phi) is 9.20. The fourth-order valence-corrected chi connectivity index (χ4v) is 2.23. The Morgan fingerprint density at radius 3 is 2.41 bits per heavy atom. The molecule has 1 aromatic carbocycles. The molecular formula is C18H22F4O5. The van der Waals surface area contributed by atoms with Gasteiger partial charge in [-0.3, -0.25) is 4.79 Å². The number of esters is 2. The smallest absolute Gasteiger partial charge is 0.425 e. The van der Waals surface area contributed by atoms with Gasteiger partial charge in [-0.05, 0) is 38.3 Å². The van der Waals surface area contributed by atoms with Crippen molar-refractivity contribution in [1.29, 1.82) is 0 Å². The molecule has 1 aromatic rings. The van der Waals surface area contributed by atoms with Crippen molar-refractivity contribution in [2.75, 3.05) is 13.2 Å². The molecule has 1 atom stereocenters. The molecule has 0 fully saturated rings. The Morgan fingerprint density at radius 1 is 1.15 bits per heavy atom. The third-order valence-electron chi connectivity index (χ3n) is 3.50. The first-order chi connectivity index (χ1) is 12.6. The highest BCUT2D eigenvalue weighted by atomic mass is 19.4. The van der Waals surface area contributed by atoms with E-state index in [1.165, 1.54) is 0 Å². The van der Waals surface area contributed by atoms with Crippen LogP contribution in [0.4, 0.5) is 17.6 Å². The van der Waals surface area contributed by atoms with Gasteiger partial charge in [0, 0.05) is 26.2 Å². The lowest BCUT2D eigenvalue weighted by molar-refractivity contribution is -0.206. The van der Waals surface area contributed by atoms with Gasteiger partial charge in [-0.1, -0.05) is 6.42 Å². The molecule has 0 spiro atoms. The summed E-state index contributed by atoms with van der Waals surface area (Å²) in [5.74, 6) is -3.45. The van der Waals surface area contributed by atoms with Gasteiger partial charge in [0.15, 0.2) is 6.10 Å². The highest BCUT2D eigenvalue weighted by Gasteiger charge is 2.42. The topological polar surface area (TPSA) is 61.8 Å². The van der Waals surface area contributed by atoms with E-state index in [9.17, 15) is 27.2 Å². The molecule has 0 aliphatic heterocycles. The summed E-state index contributed by atoms with van der Waals surface area (Å²) in [6.07, 6.45) is -6.25. The Balaban J connectivity index is 2.69. The zero-order valence-electron chi connectivity index (χ0n) is 15.1. The quantitative estimate of drug-likeness (QED) is 0.254. The van der Waals surface area contributed by atoms with Gasteiger partial charge in [0.2, 0.25) is 0 Å². The van der Waals surface area contributed by atoms with Gasteiger partial charge >= 0.3 is 18.1 Å². The van der Waals surface area contributed by atoms with Crippen LogP contribution < -0.4 is 4.74 Å². The lowest BCUT2D eigenvalue weighted by atomic mass is 10.1. The number of carbonyl (C=O) groups is 2. The monoisotopic (exact) mass is 394 g/mol. The molecule has 27 heavy (non-hydrogen) atoms. The number of rotatable bonds is 10. The third-order valence-corrected chi connectivity index (χ3v) is 3.50. The van der Waals surface area contributed by atoms with Crippen molar-refractivity contribution < 1.29 is 41.4 Å². The highest BCUT2D eigenvalue weighted by molar-refractivity contribution is 5.90. The molecule has 0 saturated carbocycles. The first-order valence-corrected chi connectivity index (χ1v) is 8.48. The molecule has 5 nitrogen and oxygen atoms in total. The van der Waals surface area contributed by atoms with Crippen molar-refractivity contribution in [2.24, 2.45) is 0 Å². The Bertz CT molecular complexity index is 631. The summed E-state index contributed by atoms with van der Waals surface area (Å²) in [7, 11) is 0. The van der Waals surface area contributed by atoms with E-state index in [1.807, 2.05) is 6.92 Å². The molecule has 0 heterocycles. The van der Waals surface area contributed by atoms with E-state index in [-0.39, 0.29) is 12.2 Å². The van der Waals surface area contributed by atoms with Crippen molar-refractivity contribution >= 4 is 11.9 Å². The molecule has 152 valence electrons. The molecule has 0 aliphatic carbocycles. The maximum absolute atomic E-state index is 13.9. The fourth-order valence-electron chi connectivity index (χ4n) is 2.23. The van der Waals surface area contributed by atoms with Gasteiger partial charge < -0.3 is 14.2 Å². The molecule has 0 radical (unpaired) electrons. The minimum Gasteiger partial charge on any atom is -0.449 e. The van der Waals surface area contributed by atoms with E-state index >= 15 is 0 Å². The van der Waals surface area contributed by atoms with E-state index in [0.717, 1.165) is 25.1 Å². The van der Waals surface area contributed by atoms with Crippen molar-refractivity contribution in [2.45, 2.75) is 51.8 Å². The van der Waals surface area contributed by atoms with Gasteiger partial charge in [-0.25, -0.2) is 9.18 Å². The molecule has 0 bridgehead atoms. The standard InChI is InChI=1S/C18H22F4O5/c1-3-25-10-6-4-5-7-16(18(20,21)22)27-17(24)14-9-8-13(11-15(14)19)26-12(2)23/h8-9,11,16H,3-7,10H2,1-2H3. The number of hydrogen-bond acceptors (Lipinski definition) is 5. The average molecular weight is 394 g/mol. The first kappa shape index (κ1) is 22.9. The van der Waals surface area contributed by atoms with Gasteiger partial charge in [-0.2, -0.15) is 13.2 Å². The maximum Gasteiger partial charge on any atom is 0.425 e. The summed E-state index contributed by atoms with van der Waals surface area (Å²) in [6, 6.07) is 2.73. The van der Waals surface area contributed by atoms with Gasteiger partial charge in [0.1, 0.15) is 11.6 Å². The molecule has 9 heteroatoms. The Labute approximate surface area is 154 Å². The molecule has 0 N–H and O–H groups in total. The number of unbranched alkanes of at least 4 members (excludes halogenated alkanes) is 2. The third kappa shape index (κ3) is 8.38. The molecule has 0 aromatic heterocycles. The normalized spacial score (nSPS) is 12.5. The zero-order valence-corrected chi connectivity index (χ0v) is 15.1. The first-order valence-electron chi connectivity index (χ1n) is 8.48. The number of benzene rings is 1. The number of alkyl halides is 3. The minimum absolute atomic E-state index is 0.168.